The lowest BCUT2D eigenvalue weighted by Gasteiger charge is -2.24. The molecule has 1 N–H and O–H groups in total. The van der Waals surface area contributed by atoms with E-state index in [0.717, 1.165) is 16.8 Å². The summed E-state index contributed by atoms with van der Waals surface area (Å²) in [6.07, 6.45) is 0.359. The number of carbonyl (C=O) groups is 1. The van der Waals surface area contributed by atoms with Gasteiger partial charge in [-0.1, -0.05) is 23.7 Å². The number of anilines is 1. The van der Waals surface area contributed by atoms with Crippen LogP contribution in [0.2, 0.25) is 5.02 Å². The van der Waals surface area contributed by atoms with Gasteiger partial charge in [-0.15, -0.1) is 15.3 Å². The van der Waals surface area contributed by atoms with E-state index in [1.54, 1.807) is 9.20 Å². The largest absolute Gasteiger partial charge is 0.310 e. The number of hydrogen-bond donors (Lipinski definition) is 1. The number of fused-ring (bicyclic) bond motifs is 2. The quantitative estimate of drug-likeness (QED) is 0.565. The van der Waals surface area contributed by atoms with Crippen LogP contribution in [0.5, 0.6) is 0 Å². The molecule has 1 aliphatic rings. The van der Waals surface area contributed by atoms with Crippen molar-refractivity contribution in [1.82, 2.24) is 29.6 Å². The van der Waals surface area contributed by atoms with Crippen LogP contribution in [0, 0.1) is 13.8 Å². The van der Waals surface area contributed by atoms with E-state index in [-0.39, 0.29) is 11.8 Å². The molecule has 4 aromatic rings. The number of carbonyl (C=O) groups excluding carboxylic acids is 1. The van der Waals surface area contributed by atoms with Crippen LogP contribution in [-0.2, 0) is 4.79 Å². The van der Waals surface area contributed by atoms with Gasteiger partial charge < -0.3 is 5.32 Å². The van der Waals surface area contributed by atoms with Crippen LogP contribution >= 0.6 is 11.6 Å². The predicted octanol–water partition coefficient (Wildman–Crippen LogP) is 3.05. The first-order valence-corrected chi connectivity index (χ1v) is 9.23. The Kier molecular flexibility index (Phi) is 3.70. The lowest BCUT2D eigenvalue weighted by Crippen LogP contribution is -2.25. The predicted molar refractivity (Wildman–Crippen MR) is 104 cm³/mol. The third-order valence-corrected chi connectivity index (χ3v) is 5.25. The first kappa shape index (κ1) is 16.9. The van der Waals surface area contributed by atoms with Gasteiger partial charge in [0.05, 0.1) is 5.69 Å². The van der Waals surface area contributed by atoms with Crippen molar-refractivity contribution in [1.29, 1.82) is 0 Å². The molecule has 0 radical (unpaired) electrons. The second-order valence-electron chi connectivity index (χ2n) is 6.82. The van der Waals surface area contributed by atoms with Crippen molar-refractivity contribution in [2.24, 2.45) is 0 Å². The lowest BCUT2D eigenvalue weighted by molar-refractivity contribution is -0.116. The van der Waals surface area contributed by atoms with Crippen molar-refractivity contribution in [2.75, 3.05) is 5.32 Å². The highest BCUT2D eigenvalue weighted by Crippen LogP contribution is 2.40. The summed E-state index contributed by atoms with van der Waals surface area (Å²) in [5.74, 6) is 1.76. The van der Waals surface area contributed by atoms with Crippen molar-refractivity contribution < 1.29 is 4.79 Å². The van der Waals surface area contributed by atoms with E-state index in [1.807, 2.05) is 50.2 Å². The van der Waals surface area contributed by atoms with E-state index < -0.39 is 0 Å². The number of nitrogens with one attached hydrogen (secondary N) is 1. The van der Waals surface area contributed by atoms with Crippen LogP contribution in [0.4, 0.5) is 5.82 Å². The Morgan fingerprint density at radius 1 is 1.07 bits per heavy atom. The molecule has 4 heterocycles. The van der Waals surface area contributed by atoms with Crippen LogP contribution < -0.4 is 5.32 Å². The summed E-state index contributed by atoms with van der Waals surface area (Å²) in [5.41, 5.74) is 3.52. The standard InChI is InChI=1S/C19H16ClN7O/c1-10-18-14(12-3-5-13(20)6-4-12)9-17(28)21-19(18)27(24-10)16-8-7-15-23-22-11(2)26(15)25-16/h3-8,14H,9H2,1-2H3,(H,21,28). The zero-order valence-electron chi connectivity index (χ0n) is 15.2. The van der Waals surface area contributed by atoms with Gasteiger partial charge in [0.2, 0.25) is 5.91 Å². The first-order valence-electron chi connectivity index (χ1n) is 8.85. The highest BCUT2D eigenvalue weighted by atomic mass is 35.5. The van der Waals surface area contributed by atoms with Gasteiger partial charge in [-0.3, -0.25) is 4.79 Å². The fourth-order valence-corrected chi connectivity index (χ4v) is 3.82. The molecule has 140 valence electrons. The Morgan fingerprint density at radius 2 is 1.86 bits per heavy atom. The molecular formula is C19H16ClN7O. The Morgan fingerprint density at radius 3 is 2.64 bits per heavy atom. The molecule has 8 nitrogen and oxygen atoms in total. The van der Waals surface area contributed by atoms with Crippen LogP contribution in [0.3, 0.4) is 0 Å². The fraction of sp³-hybridized carbons (Fsp3) is 0.211. The van der Waals surface area contributed by atoms with Gasteiger partial charge in [0, 0.05) is 22.9 Å². The van der Waals surface area contributed by atoms with Gasteiger partial charge >= 0.3 is 0 Å². The molecule has 1 unspecified atom stereocenters. The minimum absolute atomic E-state index is 0.0600. The summed E-state index contributed by atoms with van der Waals surface area (Å²) >= 11 is 6.03. The molecule has 1 aliphatic heterocycles. The highest BCUT2D eigenvalue weighted by molar-refractivity contribution is 6.30. The average Bonchev–Trinajstić information content (AvgIpc) is 3.22. The maximum atomic E-state index is 12.5. The average molecular weight is 394 g/mol. The van der Waals surface area contributed by atoms with E-state index in [0.29, 0.717) is 34.6 Å². The molecule has 1 amide bonds. The summed E-state index contributed by atoms with van der Waals surface area (Å²) in [6.45, 7) is 3.78. The Labute approximate surface area is 165 Å². The van der Waals surface area contributed by atoms with E-state index in [2.05, 4.69) is 25.7 Å². The number of aromatic nitrogens is 6. The highest BCUT2D eigenvalue weighted by Gasteiger charge is 2.33. The molecule has 28 heavy (non-hydrogen) atoms. The molecule has 1 atom stereocenters. The molecular weight excluding hydrogens is 378 g/mol. The first-order chi connectivity index (χ1) is 13.5. The Balaban J connectivity index is 1.68. The Bertz CT molecular complexity index is 1230. The smallest absolute Gasteiger partial charge is 0.226 e. The SMILES string of the molecule is Cc1nn(-c2ccc3nnc(C)n3n2)c2c1C(c1ccc(Cl)cc1)CC(=O)N2. The molecule has 5 rings (SSSR count). The number of halogens is 1. The van der Waals surface area contributed by atoms with Gasteiger partial charge in [-0.05, 0) is 43.7 Å². The molecule has 0 saturated heterocycles. The number of benzene rings is 1. The summed E-state index contributed by atoms with van der Waals surface area (Å²) < 4.78 is 3.32. The van der Waals surface area contributed by atoms with E-state index in [4.69, 9.17) is 11.6 Å². The molecule has 0 bridgehead atoms. The van der Waals surface area contributed by atoms with E-state index in [1.165, 1.54) is 0 Å². The summed E-state index contributed by atoms with van der Waals surface area (Å²) in [5, 5.41) is 21.0. The number of rotatable bonds is 2. The van der Waals surface area contributed by atoms with Gasteiger partial charge in [-0.25, -0.2) is 0 Å². The van der Waals surface area contributed by atoms with Crippen LogP contribution in [0.25, 0.3) is 11.5 Å². The molecule has 3 aromatic heterocycles. The van der Waals surface area contributed by atoms with Crippen LogP contribution in [-0.4, -0.2) is 35.5 Å². The van der Waals surface area contributed by atoms with Crippen LogP contribution in [0.1, 0.15) is 35.0 Å². The maximum absolute atomic E-state index is 12.5. The third kappa shape index (κ3) is 2.56. The molecule has 0 spiro atoms. The summed E-state index contributed by atoms with van der Waals surface area (Å²) in [4.78, 5) is 12.5. The third-order valence-electron chi connectivity index (χ3n) is 5.00. The molecule has 0 saturated carbocycles. The molecule has 0 fully saturated rings. The monoisotopic (exact) mass is 393 g/mol. The van der Waals surface area contributed by atoms with Crippen molar-refractivity contribution in [3.63, 3.8) is 0 Å². The van der Waals surface area contributed by atoms with Gasteiger partial charge in [0.15, 0.2) is 17.3 Å². The van der Waals surface area contributed by atoms with Gasteiger partial charge in [-0.2, -0.15) is 14.3 Å². The normalized spacial score (nSPS) is 16.2. The molecule has 9 heteroatoms. The fourth-order valence-electron chi connectivity index (χ4n) is 3.69. The van der Waals surface area contributed by atoms with Crippen molar-refractivity contribution in [3.05, 3.63) is 64.1 Å². The second kappa shape index (κ2) is 6.13. The van der Waals surface area contributed by atoms with E-state index in [9.17, 15) is 4.79 Å². The number of aryl methyl sites for hydroxylation is 2. The summed E-state index contributed by atoms with van der Waals surface area (Å²) in [6, 6.07) is 11.2. The number of amides is 1. The topological polar surface area (TPSA) is 90.0 Å². The van der Waals surface area contributed by atoms with Crippen LogP contribution in [0.15, 0.2) is 36.4 Å². The number of nitrogens with zero attached hydrogens (tertiary/aromatic N) is 6. The Hall–Kier alpha value is -3.26. The zero-order valence-corrected chi connectivity index (χ0v) is 16.0. The minimum Gasteiger partial charge on any atom is -0.310 e. The van der Waals surface area contributed by atoms with Gasteiger partial charge in [0.25, 0.3) is 0 Å². The van der Waals surface area contributed by atoms with Crippen molar-refractivity contribution >= 4 is 29.0 Å². The molecule has 0 aliphatic carbocycles. The maximum Gasteiger partial charge on any atom is 0.226 e. The molecule has 1 aromatic carbocycles. The second-order valence-corrected chi connectivity index (χ2v) is 7.26. The van der Waals surface area contributed by atoms with Crippen molar-refractivity contribution in [2.45, 2.75) is 26.2 Å². The van der Waals surface area contributed by atoms with Crippen molar-refractivity contribution in [3.8, 4) is 5.82 Å². The number of hydrogen-bond acceptors (Lipinski definition) is 5. The summed E-state index contributed by atoms with van der Waals surface area (Å²) in [7, 11) is 0. The lowest BCUT2D eigenvalue weighted by atomic mass is 9.86. The van der Waals surface area contributed by atoms with Gasteiger partial charge in [0.1, 0.15) is 5.82 Å². The minimum atomic E-state index is -0.0878. The van der Waals surface area contributed by atoms with E-state index >= 15 is 0 Å². The zero-order chi connectivity index (χ0) is 19.4.